The predicted molar refractivity (Wildman–Crippen MR) is 53.3 cm³/mol. The van der Waals surface area contributed by atoms with Gasteiger partial charge in [-0.2, -0.15) is 0 Å². The van der Waals surface area contributed by atoms with Crippen LogP contribution in [0.4, 0.5) is 0 Å². The third-order valence-corrected chi connectivity index (χ3v) is 2.13. The van der Waals surface area contributed by atoms with E-state index in [1.54, 1.807) is 6.08 Å². The van der Waals surface area contributed by atoms with E-state index < -0.39 is 0 Å². The first-order chi connectivity index (χ1) is 5.83. The molecule has 1 aliphatic rings. The number of allylic oxidation sites excluding steroid dienone is 1. The Morgan fingerprint density at radius 1 is 1.58 bits per heavy atom. The molecular formula is C8H13BrN2O. The van der Waals surface area contributed by atoms with Crippen LogP contribution < -0.4 is 5.73 Å². The van der Waals surface area contributed by atoms with E-state index >= 15 is 0 Å². The largest absolute Gasteiger partial charge is 0.405 e. The molecule has 0 saturated carbocycles. The molecule has 1 aliphatic heterocycles. The van der Waals surface area contributed by atoms with Gasteiger partial charge in [-0.05, 0) is 47.5 Å². The molecule has 0 spiro atoms. The normalized spacial score (nSPS) is 26.4. The van der Waals surface area contributed by atoms with Crippen LogP contribution in [0.3, 0.4) is 0 Å². The Balaban J connectivity index is 2.41. The Kier molecular flexibility index (Phi) is 4.32. The summed E-state index contributed by atoms with van der Waals surface area (Å²) in [7, 11) is 0. The average molecular weight is 233 g/mol. The summed E-state index contributed by atoms with van der Waals surface area (Å²) in [6, 6.07) is 0. The van der Waals surface area contributed by atoms with Crippen LogP contribution >= 0.6 is 15.9 Å². The average Bonchev–Trinajstić information content (AvgIpc) is 2.06. The van der Waals surface area contributed by atoms with Crippen molar-refractivity contribution < 1.29 is 4.74 Å². The molecule has 0 radical (unpaired) electrons. The fourth-order valence-electron chi connectivity index (χ4n) is 1.09. The topological polar surface area (TPSA) is 47.6 Å². The molecule has 0 aromatic rings. The van der Waals surface area contributed by atoms with Gasteiger partial charge in [0, 0.05) is 6.61 Å². The summed E-state index contributed by atoms with van der Waals surface area (Å²) in [6.07, 6.45) is 6.53. The molecule has 12 heavy (non-hydrogen) atoms. The van der Waals surface area contributed by atoms with E-state index in [-0.39, 0.29) is 6.23 Å². The van der Waals surface area contributed by atoms with Crippen molar-refractivity contribution in [2.45, 2.75) is 25.5 Å². The third-order valence-electron chi connectivity index (χ3n) is 1.66. The smallest absolute Gasteiger partial charge is 0.149 e. The Hall–Kier alpha value is -0.350. The van der Waals surface area contributed by atoms with Crippen LogP contribution in [0.2, 0.25) is 0 Å². The second kappa shape index (κ2) is 5.32. The first-order valence-electron chi connectivity index (χ1n) is 4.06. The highest BCUT2D eigenvalue weighted by Gasteiger charge is 2.11. The van der Waals surface area contributed by atoms with Crippen LogP contribution in [0.15, 0.2) is 17.3 Å². The van der Waals surface area contributed by atoms with Gasteiger partial charge in [-0.1, -0.05) is 0 Å². The molecular weight excluding hydrogens is 220 g/mol. The summed E-state index contributed by atoms with van der Waals surface area (Å²) in [5, 5.41) is 0. The van der Waals surface area contributed by atoms with Gasteiger partial charge in [-0.3, -0.25) is 0 Å². The summed E-state index contributed by atoms with van der Waals surface area (Å²) in [6.45, 7) is 0.820. The number of nitrogens with zero attached hydrogens (tertiary/aromatic N) is 1. The summed E-state index contributed by atoms with van der Waals surface area (Å²) >= 11 is 3.28. The minimum absolute atomic E-state index is 0.0179. The van der Waals surface area contributed by atoms with E-state index in [4.69, 9.17) is 10.5 Å². The van der Waals surface area contributed by atoms with E-state index in [0.29, 0.717) is 0 Å². The zero-order chi connectivity index (χ0) is 8.81. The maximum Gasteiger partial charge on any atom is 0.149 e. The number of halogens is 1. The fourth-order valence-corrected chi connectivity index (χ4v) is 1.47. The summed E-state index contributed by atoms with van der Waals surface area (Å²) < 4.78 is 6.15. The minimum Gasteiger partial charge on any atom is -0.405 e. The van der Waals surface area contributed by atoms with Crippen LogP contribution in [-0.4, -0.2) is 17.5 Å². The molecule has 68 valence electrons. The van der Waals surface area contributed by atoms with Crippen molar-refractivity contribution in [3.05, 3.63) is 12.3 Å². The zero-order valence-corrected chi connectivity index (χ0v) is 8.46. The van der Waals surface area contributed by atoms with Crippen LogP contribution in [-0.2, 0) is 4.74 Å². The molecule has 4 heteroatoms. The highest BCUT2D eigenvalue weighted by Crippen LogP contribution is 2.14. The number of hydrogen-bond donors (Lipinski definition) is 1. The van der Waals surface area contributed by atoms with Crippen molar-refractivity contribution in [2.75, 3.05) is 6.61 Å². The minimum atomic E-state index is 0.0179. The lowest BCUT2D eigenvalue weighted by Crippen LogP contribution is -2.17. The van der Waals surface area contributed by atoms with E-state index in [1.165, 1.54) is 12.6 Å². The maximum absolute atomic E-state index is 5.40. The summed E-state index contributed by atoms with van der Waals surface area (Å²) in [4.78, 5) is 4.27. The lowest BCUT2D eigenvalue weighted by Gasteiger charge is -2.18. The van der Waals surface area contributed by atoms with Crippen LogP contribution in [0.25, 0.3) is 0 Å². The second-order valence-corrected chi connectivity index (χ2v) is 3.44. The molecule has 1 unspecified atom stereocenters. The number of ether oxygens (including phenoxy) is 1. The fraction of sp³-hybridized carbons (Fsp3) is 0.625. The van der Waals surface area contributed by atoms with Crippen molar-refractivity contribution in [2.24, 2.45) is 10.7 Å². The molecule has 0 amide bonds. The van der Waals surface area contributed by atoms with Gasteiger partial charge in [-0.25, -0.2) is 4.99 Å². The Bertz CT molecular complexity index is 185. The molecule has 0 aromatic carbocycles. The van der Waals surface area contributed by atoms with Gasteiger partial charge in [0.05, 0.1) is 0 Å². The SMILES string of the molecule is NC=CC(Br)=NC1CCCCO1. The zero-order valence-electron chi connectivity index (χ0n) is 6.87. The molecule has 1 rings (SSSR count). The van der Waals surface area contributed by atoms with E-state index in [1.807, 2.05) is 0 Å². The van der Waals surface area contributed by atoms with E-state index in [0.717, 1.165) is 24.1 Å². The molecule has 2 N–H and O–H groups in total. The molecule has 1 heterocycles. The first kappa shape index (κ1) is 9.74. The molecule has 0 aliphatic carbocycles. The third kappa shape index (κ3) is 3.36. The second-order valence-electron chi connectivity index (χ2n) is 2.63. The van der Waals surface area contributed by atoms with Crippen molar-refractivity contribution in [3.8, 4) is 0 Å². The lowest BCUT2D eigenvalue weighted by atomic mass is 10.2. The van der Waals surface area contributed by atoms with Crippen molar-refractivity contribution in [1.82, 2.24) is 0 Å². The van der Waals surface area contributed by atoms with E-state index in [2.05, 4.69) is 20.9 Å². The monoisotopic (exact) mass is 232 g/mol. The van der Waals surface area contributed by atoms with Crippen LogP contribution in [0, 0.1) is 0 Å². The van der Waals surface area contributed by atoms with Crippen LogP contribution in [0.5, 0.6) is 0 Å². The first-order valence-corrected chi connectivity index (χ1v) is 4.85. The lowest BCUT2D eigenvalue weighted by molar-refractivity contribution is 0.0226. The molecule has 1 fully saturated rings. The predicted octanol–water partition coefficient (Wildman–Crippen LogP) is 1.78. The van der Waals surface area contributed by atoms with Crippen LogP contribution in [0.1, 0.15) is 19.3 Å². The number of hydrogen-bond acceptors (Lipinski definition) is 3. The standard InChI is InChI=1S/C8H13BrN2O/c9-7(4-5-10)11-8-3-1-2-6-12-8/h4-5,8H,1-3,6,10H2. The van der Waals surface area contributed by atoms with Gasteiger partial charge in [0.15, 0.2) is 0 Å². The maximum atomic E-state index is 5.40. The van der Waals surface area contributed by atoms with Gasteiger partial charge in [0.25, 0.3) is 0 Å². The summed E-state index contributed by atoms with van der Waals surface area (Å²) in [5.74, 6) is 0. The number of rotatable bonds is 2. The van der Waals surface area contributed by atoms with Crippen molar-refractivity contribution in [3.63, 3.8) is 0 Å². The highest BCUT2D eigenvalue weighted by atomic mass is 79.9. The van der Waals surface area contributed by atoms with Gasteiger partial charge in [0.1, 0.15) is 10.8 Å². The Morgan fingerprint density at radius 3 is 3.00 bits per heavy atom. The van der Waals surface area contributed by atoms with Gasteiger partial charge in [0.2, 0.25) is 0 Å². The Morgan fingerprint density at radius 2 is 2.42 bits per heavy atom. The Labute approximate surface area is 80.8 Å². The van der Waals surface area contributed by atoms with Gasteiger partial charge in [-0.15, -0.1) is 0 Å². The molecule has 0 aromatic heterocycles. The van der Waals surface area contributed by atoms with Crippen molar-refractivity contribution >= 4 is 20.6 Å². The number of nitrogens with two attached hydrogens (primary N) is 1. The van der Waals surface area contributed by atoms with Gasteiger partial charge >= 0.3 is 0 Å². The number of aliphatic imine (C=N–C) groups is 1. The molecule has 0 bridgehead atoms. The molecule has 1 atom stereocenters. The summed E-state index contributed by atoms with van der Waals surface area (Å²) in [5.41, 5.74) is 5.20. The highest BCUT2D eigenvalue weighted by molar-refractivity contribution is 9.18. The van der Waals surface area contributed by atoms with E-state index in [9.17, 15) is 0 Å². The molecule has 3 nitrogen and oxygen atoms in total. The van der Waals surface area contributed by atoms with Crippen molar-refractivity contribution in [1.29, 1.82) is 0 Å². The quantitative estimate of drug-likeness (QED) is 0.739. The molecule has 1 saturated heterocycles. The van der Waals surface area contributed by atoms with Gasteiger partial charge < -0.3 is 10.5 Å².